The van der Waals surface area contributed by atoms with Crippen molar-refractivity contribution in [3.63, 3.8) is 0 Å². The van der Waals surface area contributed by atoms with Crippen LogP contribution < -0.4 is 11.1 Å². The molecule has 1 amide bonds. The highest BCUT2D eigenvalue weighted by Crippen LogP contribution is 2.25. The molecule has 0 saturated carbocycles. The highest BCUT2D eigenvalue weighted by atomic mass is 79.9. The van der Waals surface area contributed by atoms with E-state index in [0.29, 0.717) is 16.9 Å². The molecule has 0 fully saturated rings. The van der Waals surface area contributed by atoms with Crippen LogP contribution in [0.25, 0.3) is 0 Å². The molecule has 0 heterocycles. The van der Waals surface area contributed by atoms with Gasteiger partial charge in [0.2, 0.25) is 0 Å². The molecular weight excluding hydrogens is 379 g/mol. The quantitative estimate of drug-likeness (QED) is 0.759. The molecule has 0 saturated heterocycles. The third-order valence-corrected chi connectivity index (χ3v) is 3.72. The Bertz CT molecular complexity index is 647. The van der Waals surface area contributed by atoms with Gasteiger partial charge in [-0.25, -0.2) is 4.39 Å². The molecule has 0 aliphatic carbocycles. The number of nitrogens with two attached hydrogens (primary N) is 1. The molecular formula is C13H9Br2FN2O. The van der Waals surface area contributed by atoms with E-state index in [1.807, 2.05) is 0 Å². The van der Waals surface area contributed by atoms with Gasteiger partial charge >= 0.3 is 0 Å². The smallest absolute Gasteiger partial charge is 0.255 e. The van der Waals surface area contributed by atoms with Crippen molar-refractivity contribution in [2.75, 3.05) is 11.1 Å². The number of carbonyl (C=O) groups excluding carboxylic acids is 1. The molecule has 6 heteroatoms. The van der Waals surface area contributed by atoms with Crippen molar-refractivity contribution in [2.45, 2.75) is 0 Å². The Kier molecular flexibility index (Phi) is 4.21. The molecule has 2 aromatic rings. The number of hydrogen-bond donors (Lipinski definition) is 2. The van der Waals surface area contributed by atoms with Crippen molar-refractivity contribution in [2.24, 2.45) is 0 Å². The van der Waals surface area contributed by atoms with E-state index in [2.05, 4.69) is 37.2 Å². The number of anilines is 2. The predicted octanol–water partition coefficient (Wildman–Crippen LogP) is 4.19. The SMILES string of the molecule is Nc1ccc(Br)c(NC(=O)c2ccc(F)c(Br)c2)c1. The zero-order chi connectivity index (χ0) is 14.0. The summed E-state index contributed by atoms with van der Waals surface area (Å²) in [5.41, 5.74) is 7.11. The van der Waals surface area contributed by atoms with Crippen LogP contribution in [0.3, 0.4) is 0 Å². The summed E-state index contributed by atoms with van der Waals surface area (Å²) in [7, 11) is 0. The minimum absolute atomic E-state index is 0.242. The number of nitrogen functional groups attached to an aromatic ring is 1. The number of hydrogen-bond acceptors (Lipinski definition) is 2. The van der Waals surface area contributed by atoms with Crippen LogP contribution in [0.1, 0.15) is 10.4 Å². The number of halogens is 3. The number of amides is 1. The molecule has 0 spiro atoms. The molecule has 2 aromatic carbocycles. The molecule has 3 nitrogen and oxygen atoms in total. The van der Waals surface area contributed by atoms with Gasteiger partial charge in [0.25, 0.3) is 5.91 Å². The lowest BCUT2D eigenvalue weighted by molar-refractivity contribution is 0.102. The summed E-state index contributed by atoms with van der Waals surface area (Å²) in [6, 6.07) is 9.16. The van der Waals surface area contributed by atoms with Crippen LogP contribution in [-0.4, -0.2) is 5.91 Å². The molecule has 0 atom stereocenters. The van der Waals surface area contributed by atoms with Gasteiger partial charge in [-0.1, -0.05) is 0 Å². The fourth-order valence-corrected chi connectivity index (χ4v) is 2.20. The van der Waals surface area contributed by atoms with Crippen molar-refractivity contribution in [1.82, 2.24) is 0 Å². The zero-order valence-corrected chi connectivity index (χ0v) is 12.8. The van der Waals surface area contributed by atoms with Crippen molar-refractivity contribution in [3.8, 4) is 0 Å². The minimum Gasteiger partial charge on any atom is -0.399 e. The van der Waals surface area contributed by atoms with Crippen molar-refractivity contribution in [1.29, 1.82) is 0 Å². The first kappa shape index (κ1) is 14.0. The Morgan fingerprint density at radius 2 is 1.84 bits per heavy atom. The lowest BCUT2D eigenvalue weighted by Crippen LogP contribution is -2.12. The molecule has 0 radical (unpaired) electrons. The van der Waals surface area contributed by atoms with Gasteiger partial charge in [0, 0.05) is 15.7 Å². The van der Waals surface area contributed by atoms with E-state index in [0.717, 1.165) is 4.47 Å². The third-order valence-electron chi connectivity index (χ3n) is 2.42. The average Bonchev–Trinajstić information content (AvgIpc) is 2.37. The van der Waals surface area contributed by atoms with Crippen LogP contribution in [0.2, 0.25) is 0 Å². The Hall–Kier alpha value is -1.40. The lowest BCUT2D eigenvalue weighted by atomic mass is 10.2. The van der Waals surface area contributed by atoms with Crippen molar-refractivity contribution < 1.29 is 9.18 Å². The second kappa shape index (κ2) is 5.71. The largest absolute Gasteiger partial charge is 0.399 e. The number of nitrogens with one attached hydrogen (secondary N) is 1. The van der Waals surface area contributed by atoms with Gasteiger partial charge in [0.15, 0.2) is 0 Å². The summed E-state index contributed by atoms with van der Waals surface area (Å²) in [5, 5.41) is 2.70. The van der Waals surface area contributed by atoms with E-state index in [1.165, 1.54) is 18.2 Å². The average molecular weight is 388 g/mol. The van der Waals surface area contributed by atoms with Crippen LogP contribution in [0, 0.1) is 5.82 Å². The van der Waals surface area contributed by atoms with Crippen molar-refractivity contribution in [3.05, 3.63) is 56.7 Å². The highest BCUT2D eigenvalue weighted by Gasteiger charge is 2.10. The summed E-state index contributed by atoms with van der Waals surface area (Å²) < 4.78 is 14.1. The van der Waals surface area contributed by atoms with Gasteiger partial charge in [-0.05, 0) is 68.3 Å². The first-order valence-electron chi connectivity index (χ1n) is 5.29. The normalized spacial score (nSPS) is 10.3. The molecule has 2 rings (SSSR count). The van der Waals surface area contributed by atoms with Crippen LogP contribution in [0.15, 0.2) is 45.3 Å². The topological polar surface area (TPSA) is 55.1 Å². The van der Waals surface area contributed by atoms with Crippen LogP contribution >= 0.6 is 31.9 Å². The molecule has 0 aromatic heterocycles. The van der Waals surface area contributed by atoms with E-state index < -0.39 is 5.82 Å². The van der Waals surface area contributed by atoms with Gasteiger partial charge in [-0.3, -0.25) is 4.79 Å². The monoisotopic (exact) mass is 386 g/mol. The first-order valence-corrected chi connectivity index (χ1v) is 6.87. The lowest BCUT2D eigenvalue weighted by Gasteiger charge is -2.08. The second-order valence-electron chi connectivity index (χ2n) is 3.82. The molecule has 98 valence electrons. The summed E-state index contributed by atoms with van der Waals surface area (Å²) >= 11 is 6.36. The minimum atomic E-state index is -0.415. The van der Waals surface area contributed by atoms with E-state index in [-0.39, 0.29) is 10.4 Å². The van der Waals surface area contributed by atoms with Crippen molar-refractivity contribution >= 4 is 49.1 Å². The predicted molar refractivity (Wildman–Crippen MR) is 80.6 cm³/mol. The molecule has 19 heavy (non-hydrogen) atoms. The van der Waals surface area contributed by atoms with Gasteiger partial charge in [-0.15, -0.1) is 0 Å². The summed E-state index contributed by atoms with van der Waals surface area (Å²) in [5.74, 6) is -0.756. The Morgan fingerprint density at radius 3 is 2.53 bits per heavy atom. The summed E-state index contributed by atoms with van der Waals surface area (Å²) in [4.78, 5) is 12.0. The molecule has 0 aliphatic rings. The maximum atomic E-state index is 13.1. The Balaban J connectivity index is 2.25. The van der Waals surface area contributed by atoms with E-state index in [9.17, 15) is 9.18 Å². The maximum Gasteiger partial charge on any atom is 0.255 e. The van der Waals surface area contributed by atoms with Crippen LogP contribution in [-0.2, 0) is 0 Å². The zero-order valence-electron chi connectivity index (χ0n) is 9.58. The number of benzene rings is 2. The molecule has 0 aliphatic heterocycles. The van der Waals surface area contributed by atoms with Gasteiger partial charge in [-0.2, -0.15) is 0 Å². The number of rotatable bonds is 2. The van der Waals surface area contributed by atoms with E-state index in [1.54, 1.807) is 18.2 Å². The van der Waals surface area contributed by atoms with Gasteiger partial charge < -0.3 is 11.1 Å². The standard InChI is InChI=1S/C13H9Br2FN2O/c14-9-3-2-8(17)6-12(9)18-13(19)7-1-4-11(16)10(15)5-7/h1-6H,17H2,(H,18,19). The Morgan fingerprint density at radius 1 is 1.11 bits per heavy atom. The van der Waals surface area contributed by atoms with E-state index in [4.69, 9.17) is 5.73 Å². The third kappa shape index (κ3) is 3.33. The fraction of sp³-hybridized carbons (Fsp3) is 0. The number of carbonyl (C=O) groups is 1. The summed E-state index contributed by atoms with van der Waals surface area (Å²) in [6.45, 7) is 0. The Labute approximate surface area is 126 Å². The molecule has 0 bridgehead atoms. The van der Waals surface area contributed by atoms with Crippen LogP contribution in [0.5, 0.6) is 0 Å². The second-order valence-corrected chi connectivity index (χ2v) is 5.53. The van der Waals surface area contributed by atoms with Gasteiger partial charge in [0.05, 0.1) is 10.2 Å². The molecule has 0 unspecified atom stereocenters. The maximum absolute atomic E-state index is 13.1. The van der Waals surface area contributed by atoms with E-state index >= 15 is 0 Å². The van der Waals surface area contributed by atoms with Crippen LogP contribution in [0.4, 0.5) is 15.8 Å². The summed E-state index contributed by atoms with van der Waals surface area (Å²) in [6.07, 6.45) is 0. The molecule has 3 N–H and O–H groups in total. The first-order chi connectivity index (χ1) is 8.97. The fourth-order valence-electron chi connectivity index (χ4n) is 1.47. The highest BCUT2D eigenvalue weighted by molar-refractivity contribution is 9.10. The van der Waals surface area contributed by atoms with Gasteiger partial charge in [0.1, 0.15) is 5.82 Å².